The zero-order valence-electron chi connectivity index (χ0n) is 20.0. The van der Waals surface area contributed by atoms with Crippen molar-refractivity contribution in [3.63, 3.8) is 0 Å². The van der Waals surface area contributed by atoms with Crippen LogP contribution in [-0.2, 0) is 29.2 Å². The molecule has 0 atom stereocenters. The molecule has 4 nitrogen and oxygen atoms in total. The van der Waals surface area contributed by atoms with Crippen molar-refractivity contribution in [2.24, 2.45) is 5.41 Å². The molecule has 2 aromatic carbocycles. The number of fused-ring (bicyclic) bond motifs is 1. The highest BCUT2D eigenvalue weighted by Gasteiger charge is 2.35. The topological polar surface area (TPSA) is 51.1 Å². The quantitative estimate of drug-likeness (QED) is 0.420. The number of hydrogen-bond acceptors (Lipinski definition) is 2. The van der Waals surface area contributed by atoms with Crippen LogP contribution in [0.15, 0.2) is 42.6 Å². The average molecular weight is 493 g/mol. The molecule has 0 unspecified atom stereocenters. The minimum atomic E-state index is -4.45. The molecule has 1 aliphatic carbocycles. The van der Waals surface area contributed by atoms with E-state index in [4.69, 9.17) is 0 Å². The molecule has 1 N–H and O–H groups in total. The lowest BCUT2D eigenvalue weighted by molar-refractivity contribution is -0.137. The molecule has 0 saturated heterocycles. The van der Waals surface area contributed by atoms with Crippen LogP contribution in [0.5, 0.6) is 0 Å². The average Bonchev–Trinajstić information content (AvgIpc) is 3.52. The first-order valence-corrected chi connectivity index (χ1v) is 13.1. The molecule has 1 aromatic heterocycles. The van der Waals surface area contributed by atoms with Gasteiger partial charge in [-0.3, -0.25) is 0 Å². The molecule has 0 bridgehead atoms. The first-order chi connectivity index (χ1) is 15.7. The Hall–Kier alpha value is -2.32. The van der Waals surface area contributed by atoms with Crippen molar-refractivity contribution in [3.05, 3.63) is 59.3 Å². The van der Waals surface area contributed by atoms with Crippen LogP contribution in [0.4, 0.5) is 13.2 Å². The van der Waals surface area contributed by atoms with E-state index in [2.05, 4.69) is 30.1 Å². The number of nitrogens with zero attached hydrogens (tertiary/aromatic N) is 1. The van der Waals surface area contributed by atoms with E-state index in [1.54, 1.807) is 19.1 Å². The molecule has 1 saturated carbocycles. The molecule has 34 heavy (non-hydrogen) atoms. The van der Waals surface area contributed by atoms with Gasteiger partial charge in [0.1, 0.15) is 0 Å². The molecule has 4 rings (SSSR count). The Kier molecular flexibility index (Phi) is 6.36. The van der Waals surface area contributed by atoms with Gasteiger partial charge < -0.3 is 4.57 Å². The maximum atomic E-state index is 13.7. The smallest absolute Gasteiger partial charge is 0.347 e. The summed E-state index contributed by atoms with van der Waals surface area (Å²) >= 11 is 0. The van der Waals surface area contributed by atoms with Crippen LogP contribution in [0.2, 0.25) is 0 Å². The van der Waals surface area contributed by atoms with E-state index in [1.807, 2.05) is 18.3 Å². The van der Waals surface area contributed by atoms with Gasteiger partial charge in [-0.2, -0.15) is 13.2 Å². The van der Waals surface area contributed by atoms with Crippen LogP contribution in [0.1, 0.15) is 50.3 Å². The third-order valence-corrected chi connectivity index (χ3v) is 8.02. The number of alkyl halides is 3. The van der Waals surface area contributed by atoms with Crippen LogP contribution in [0.25, 0.3) is 22.0 Å². The van der Waals surface area contributed by atoms with Crippen molar-refractivity contribution in [3.8, 4) is 11.1 Å². The number of aromatic nitrogens is 1. The second-order valence-electron chi connectivity index (χ2n) is 10.5. The van der Waals surface area contributed by atoms with E-state index in [0.717, 1.165) is 28.1 Å². The van der Waals surface area contributed by atoms with Crippen molar-refractivity contribution >= 4 is 20.9 Å². The monoisotopic (exact) mass is 492 g/mol. The van der Waals surface area contributed by atoms with Crippen LogP contribution >= 0.6 is 0 Å². The Balaban J connectivity index is 1.74. The number of halogens is 3. The van der Waals surface area contributed by atoms with Gasteiger partial charge in [0.05, 0.1) is 10.8 Å². The highest BCUT2D eigenvalue weighted by atomic mass is 32.2. The molecule has 0 amide bonds. The van der Waals surface area contributed by atoms with Gasteiger partial charge in [0.2, 0.25) is 10.0 Å². The molecule has 1 fully saturated rings. The van der Waals surface area contributed by atoms with Crippen molar-refractivity contribution in [2.45, 2.75) is 64.9 Å². The normalized spacial score (nSPS) is 15.3. The number of benzene rings is 2. The summed E-state index contributed by atoms with van der Waals surface area (Å²) in [6, 6.07) is 9.61. The summed E-state index contributed by atoms with van der Waals surface area (Å²) < 4.78 is 70.3. The summed E-state index contributed by atoms with van der Waals surface area (Å²) in [4.78, 5) is 0. The van der Waals surface area contributed by atoms with Gasteiger partial charge in [-0.15, -0.1) is 0 Å². The summed E-state index contributed by atoms with van der Waals surface area (Å²) in [6.45, 7) is 9.08. The molecule has 184 valence electrons. The lowest BCUT2D eigenvalue weighted by atomic mass is 9.95. The van der Waals surface area contributed by atoms with E-state index >= 15 is 0 Å². The summed E-state index contributed by atoms with van der Waals surface area (Å²) in [5.41, 5.74) is 2.56. The highest BCUT2D eigenvalue weighted by molar-refractivity contribution is 7.90. The minimum Gasteiger partial charge on any atom is -0.347 e. The Morgan fingerprint density at radius 2 is 1.76 bits per heavy atom. The number of nitrogens with one attached hydrogen (secondary N) is 1. The Labute approximate surface area is 199 Å². The molecule has 8 heteroatoms. The third-order valence-electron chi connectivity index (χ3n) is 6.06. The highest BCUT2D eigenvalue weighted by Crippen LogP contribution is 2.39. The summed E-state index contributed by atoms with van der Waals surface area (Å²) in [5.74, 6) is 0. The second kappa shape index (κ2) is 8.72. The van der Waals surface area contributed by atoms with Crippen LogP contribution in [0, 0.1) is 12.3 Å². The Morgan fingerprint density at radius 3 is 2.38 bits per heavy atom. The van der Waals surface area contributed by atoms with E-state index < -0.39 is 21.8 Å². The van der Waals surface area contributed by atoms with Crippen molar-refractivity contribution in [1.82, 2.24) is 9.29 Å². The van der Waals surface area contributed by atoms with Crippen LogP contribution in [-0.4, -0.2) is 24.8 Å². The molecule has 1 heterocycles. The van der Waals surface area contributed by atoms with Crippen molar-refractivity contribution in [2.75, 3.05) is 6.54 Å². The maximum Gasteiger partial charge on any atom is 0.417 e. The summed E-state index contributed by atoms with van der Waals surface area (Å²) in [5, 5.41) is 0.661. The van der Waals surface area contributed by atoms with Gasteiger partial charge in [0, 0.05) is 30.2 Å². The number of rotatable bonds is 7. The van der Waals surface area contributed by atoms with Gasteiger partial charge in [-0.25, -0.2) is 13.1 Å². The lowest BCUT2D eigenvalue weighted by Crippen LogP contribution is -2.29. The van der Waals surface area contributed by atoms with Gasteiger partial charge in [-0.05, 0) is 60.4 Å². The summed E-state index contributed by atoms with van der Waals surface area (Å²) in [6.07, 6.45) is -0.512. The molecule has 0 radical (unpaired) electrons. The van der Waals surface area contributed by atoms with Gasteiger partial charge >= 0.3 is 6.18 Å². The third kappa shape index (κ3) is 5.49. The van der Waals surface area contributed by atoms with Gasteiger partial charge in [0.15, 0.2) is 0 Å². The number of hydrogen-bond donors (Lipinski definition) is 1. The van der Waals surface area contributed by atoms with Crippen molar-refractivity contribution in [1.29, 1.82) is 0 Å². The Bertz CT molecular complexity index is 1310. The maximum absolute atomic E-state index is 13.7. The fraction of sp³-hybridized carbons (Fsp3) is 0.462. The van der Waals surface area contributed by atoms with E-state index in [1.165, 1.54) is 6.07 Å². The van der Waals surface area contributed by atoms with Gasteiger partial charge in [-0.1, -0.05) is 50.6 Å². The largest absolute Gasteiger partial charge is 0.417 e. The van der Waals surface area contributed by atoms with Crippen LogP contribution < -0.4 is 4.72 Å². The van der Waals surface area contributed by atoms with E-state index in [-0.39, 0.29) is 16.2 Å². The number of aryl methyl sites for hydroxylation is 1. The van der Waals surface area contributed by atoms with E-state index in [0.29, 0.717) is 37.9 Å². The Morgan fingerprint density at radius 1 is 1.06 bits per heavy atom. The number of sulfonamides is 1. The molecular formula is C26H31F3N2O2S. The lowest BCUT2D eigenvalue weighted by Gasteiger charge is -2.20. The van der Waals surface area contributed by atoms with E-state index in [9.17, 15) is 21.6 Å². The van der Waals surface area contributed by atoms with Gasteiger partial charge in [0.25, 0.3) is 0 Å². The minimum absolute atomic E-state index is 0.0484. The predicted molar refractivity (Wildman–Crippen MR) is 130 cm³/mol. The predicted octanol–water partition coefficient (Wildman–Crippen LogP) is 6.31. The SMILES string of the molecule is Cc1ccc(C(F)(F)F)c(-c2ccc3c(CCNS(=O)(=O)C4CC4)cn(CC(C)(C)C)c3c2)c1. The molecular weight excluding hydrogens is 461 g/mol. The zero-order chi connectivity index (χ0) is 24.9. The van der Waals surface area contributed by atoms with Crippen LogP contribution in [0.3, 0.4) is 0 Å². The first kappa shape index (κ1) is 24.8. The fourth-order valence-electron chi connectivity index (χ4n) is 4.34. The standard InChI is InChI=1S/C26H31F3N2O2S/c1-17-5-10-23(26(27,28)29)22(13-17)18-6-9-21-19(11-12-30-34(32,33)20-7-8-20)15-31(24(21)14-18)16-25(2,3)4/h5-6,9-10,13-15,20,30H,7-8,11-12,16H2,1-4H3. The zero-order valence-corrected chi connectivity index (χ0v) is 20.8. The molecule has 0 aliphatic heterocycles. The second-order valence-corrected chi connectivity index (χ2v) is 12.6. The molecule has 0 spiro atoms. The molecule has 1 aliphatic rings. The molecule has 3 aromatic rings. The first-order valence-electron chi connectivity index (χ1n) is 11.5. The fourth-order valence-corrected chi connectivity index (χ4v) is 5.72. The summed E-state index contributed by atoms with van der Waals surface area (Å²) in [7, 11) is -3.26. The van der Waals surface area contributed by atoms with Crippen molar-refractivity contribution < 1.29 is 21.6 Å².